The molecular formula is C19H19N3O3. The number of hydrogen-bond donors (Lipinski definition) is 2. The van der Waals surface area contributed by atoms with E-state index in [9.17, 15) is 5.11 Å². The van der Waals surface area contributed by atoms with E-state index in [2.05, 4.69) is 15.5 Å². The summed E-state index contributed by atoms with van der Waals surface area (Å²) in [5.74, 6) is 1.99. The van der Waals surface area contributed by atoms with E-state index < -0.39 is 0 Å². The molecule has 2 heterocycles. The van der Waals surface area contributed by atoms with Crippen molar-refractivity contribution in [2.75, 3.05) is 13.1 Å². The minimum atomic E-state index is 0.201. The van der Waals surface area contributed by atoms with E-state index in [1.165, 1.54) is 0 Å². The first-order chi connectivity index (χ1) is 12.3. The monoisotopic (exact) mass is 337 g/mol. The third kappa shape index (κ3) is 3.64. The zero-order valence-electron chi connectivity index (χ0n) is 13.7. The number of aromatic nitrogens is 2. The summed E-state index contributed by atoms with van der Waals surface area (Å²) in [7, 11) is 0. The SMILES string of the molecule is Oc1ccc(-c2nc(-c3ccc(OC4CCCNC4)cc3)no2)cc1. The second-order valence-electron chi connectivity index (χ2n) is 6.08. The van der Waals surface area contributed by atoms with E-state index in [0.717, 1.165) is 42.8 Å². The molecule has 2 N–H and O–H groups in total. The summed E-state index contributed by atoms with van der Waals surface area (Å²) in [6.07, 6.45) is 2.45. The van der Waals surface area contributed by atoms with Crippen LogP contribution in [0, 0.1) is 0 Å². The Morgan fingerprint density at radius 1 is 1.04 bits per heavy atom. The summed E-state index contributed by atoms with van der Waals surface area (Å²) in [6, 6.07) is 14.4. The second-order valence-corrected chi connectivity index (χ2v) is 6.08. The third-order valence-electron chi connectivity index (χ3n) is 4.21. The molecule has 0 radical (unpaired) electrons. The van der Waals surface area contributed by atoms with E-state index in [4.69, 9.17) is 9.26 Å². The van der Waals surface area contributed by atoms with Gasteiger partial charge in [-0.05, 0) is 67.9 Å². The van der Waals surface area contributed by atoms with Gasteiger partial charge in [0, 0.05) is 17.7 Å². The number of piperidine rings is 1. The van der Waals surface area contributed by atoms with Crippen LogP contribution in [-0.2, 0) is 0 Å². The predicted molar refractivity (Wildman–Crippen MR) is 93.4 cm³/mol. The molecule has 1 aromatic heterocycles. The van der Waals surface area contributed by atoms with Crippen molar-refractivity contribution in [3.8, 4) is 34.3 Å². The second kappa shape index (κ2) is 6.94. The average molecular weight is 337 g/mol. The number of aromatic hydroxyl groups is 1. The van der Waals surface area contributed by atoms with Crippen LogP contribution in [-0.4, -0.2) is 34.4 Å². The smallest absolute Gasteiger partial charge is 0.258 e. The highest BCUT2D eigenvalue weighted by atomic mass is 16.5. The van der Waals surface area contributed by atoms with Gasteiger partial charge in [0.15, 0.2) is 0 Å². The fourth-order valence-electron chi connectivity index (χ4n) is 2.86. The summed E-state index contributed by atoms with van der Waals surface area (Å²) >= 11 is 0. The Morgan fingerprint density at radius 2 is 1.80 bits per heavy atom. The molecule has 6 heteroatoms. The van der Waals surface area contributed by atoms with Gasteiger partial charge in [0.2, 0.25) is 5.82 Å². The maximum Gasteiger partial charge on any atom is 0.258 e. The lowest BCUT2D eigenvalue weighted by atomic mass is 10.1. The first-order valence-electron chi connectivity index (χ1n) is 8.39. The fourth-order valence-corrected chi connectivity index (χ4v) is 2.86. The van der Waals surface area contributed by atoms with Crippen LogP contribution in [0.3, 0.4) is 0 Å². The van der Waals surface area contributed by atoms with E-state index in [1.54, 1.807) is 24.3 Å². The zero-order chi connectivity index (χ0) is 17.1. The Bertz CT molecular complexity index is 822. The lowest BCUT2D eigenvalue weighted by Crippen LogP contribution is -2.37. The van der Waals surface area contributed by atoms with Gasteiger partial charge in [0.25, 0.3) is 5.89 Å². The minimum Gasteiger partial charge on any atom is -0.508 e. The minimum absolute atomic E-state index is 0.201. The molecule has 0 spiro atoms. The van der Waals surface area contributed by atoms with Gasteiger partial charge in [0.05, 0.1) is 0 Å². The molecule has 1 atom stereocenters. The highest BCUT2D eigenvalue weighted by Gasteiger charge is 2.15. The van der Waals surface area contributed by atoms with Crippen LogP contribution in [0.5, 0.6) is 11.5 Å². The molecule has 0 bridgehead atoms. The average Bonchev–Trinajstić information content (AvgIpc) is 3.14. The van der Waals surface area contributed by atoms with Crippen LogP contribution >= 0.6 is 0 Å². The van der Waals surface area contributed by atoms with Gasteiger partial charge in [-0.3, -0.25) is 0 Å². The van der Waals surface area contributed by atoms with Gasteiger partial charge in [-0.15, -0.1) is 0 Å². The number of phenolic OH excluding ortho intramolecular Hbond substituents is 1. The number of nitrogens with one attached hydrogen (secondary N) is 1. The summed E-state index contributed by atoms with van der Waals surface area (Å²) in [6.45, 7) is 1.96. The van der Waals surface area contributed by atoms with Crippen LogP contribution in [0.2, 0.25) is 0 Å². The lowest BCUT2D eigenvalue weighted by molar-refractivity contribution is 0.167. The van der Waals surface area contributed by atoms with Gasteiger partial charge in [0.1, 0.15) is 17.6 Å². The van der Waals surface area contributed by atoms with Crippen LogP contribution in [0.25, 0.3) is 22.8 Å². The summed E-state index contributed by atoms with van der Waals surface area (Å²) in [5, 5.41) is 16.7. The lowest BCUT2D eigenvalue weighted by Gasteiger charge is -2.23. The van der Waals surface area contributed by atoms with E-state index in [-0.39, 0.29) is 11.9 Å². The number of hydrogen-bond acceptors (Lipinski definition) is 6. The molecule has 6 nitrogen and oxygen atoms in total. The van der Waals surface area contributed by atoms with Crippen molar-refractivity contribution in [2.45, 2.75) is 18.9 Å². The first-order valence-corrected chi connectivity index (χ1v) is 8.39. The maximum absolute atomic E-state index is 9.35. The standard InChI is InChI=1S/C19H19N3O3/c23-15-7-3-14(4-8-15)19-21-18(22-25-19)13-5-9-16(10-6-13)24-17-2-1-11-20-12-17/h3-10,17,20,23H,1-2,11-12H2. The molecule has 1 aliphatic heterocycles. The molecule has 1 fully saturated rings. The Hall–Kier alpha value is -2.86. The van der Waals surface area contributed by atoms with Crippen molar-refractivity contribution in [2.24, 2.45) is 0 Å². The molecule has 1 aliphatic rings. The molecule has 1 unspecified atom stereocenters. The largest absolute Gasteiger partial charge is 0.508 e. The first kappa shape index (κ1) is 15.7. The molecule has 4 rings (SSSR count). The van der Waals surface area contributed by atoms with E-state index >= 15 is 0 Å². The van der Waals surface area contributed by atoms with Gasteiger partial charge in [-0.25, -0.2) is 0 Å². The molecule has 0 aliphatic carbocycles. The molecule has 0 saturated carbocycles. The normalized spacial score (nSPS) is 17.4. The van der Waals surface area contributed by atoms with Crippen LogP contribution in [0.4, 0.5) is 0 Å². The van der Waals surface area contributed by atoms with Crippen LogP contribution in [0.15, 0.2) is 53.1 Å². The van der Waals surface area contributed by atoms with Crippen molar-refractivity contribution < 1.29 is 14.4 Å². The van der Waals surface area contributed by atoms with Gasteiger partial charge in [-0.2, -0.15) is 4.98 Å². The number of nitrogens with zero attached hydrogens (tertiary/aromatic N) is 2. The molecule has 2 aromatic carbocycles. The van der Waals surface area contributed by atoms with Gasteiger partial charge >= 0.3 is 0 Å². The Labute approximate surface area is 145 Å². The Morgan fingerprint density at radius 3 is 2.52 bits per heavy atom. The highest BCUT2D eigenvalue weighted by Crippen LogP contribution is 2.25. The van der Waals surface area contributed by atoms with Crippen LogP contribution < -0.4 is 10.1 Å². The fraction of sp³-hybridized carbons (Fsp3) is 0.263. The van der Waals surface area contributed by atoms with Crippen molar-refractivity contribution in [1.82, 2.24) is 15.5 Å². The van der Waals surface area contributed by atoms with Crippen molar-refractivity contribution in [1.29, 1.82) is 0 Å². The van der Waals surface area contributed by atoms with Gasteiger partial charge < -0.3 is 19.7 Å². The number of benzene rings is 2. The molecule has 25 heavy (non-hydrogen) atoms. The van der Waals surface area contributed by atoms with Gasteiger partial charge in [-0.1, -0.05) is 5.16 Å². The number of ether oxygens (including phenoxy) is 1. The van der Waals surface area contributed by atoms with Crippen molar-refractivity contribution in [3.05, 3.63) is 48.5 Å². The van der Waals surface area contributed by atoms with E-state index in [1.807, 2.05) is 24.3 Å². The molecular weight excluding hydrogens is 318 g/mol. The molecule has 3 aromatic rings. The predicted octanol–water partition coefficient (Wildman–Crippen LogP) is 3.24. The van der Waals surface area contributed by atoms with Crippen molar-refractivity contribution in [3.63, 3.8) is 0 Å². The Kier molecular flexibility index (Phi) is 4.35. The molecule has 128 valence electrons. The number of phenols is 1. The number of rotatable bonds is 4. The quantitative estimate of drug-likeness (QED) is 0.761. The van der Waals surface area contributed by atoms with Crippen molar-refractivity contribution >= 4 is 0 Å². The molecule has 0 amide bonds. The third-order valence-corrected chi connectivity index (χ3v) is 4.21. The summed E-state index contributed by atoms with van der Waals surface area (Å²) < 4.78 is 11.3. The molecule has 1 saturated heterocycles. The topological polar surface area (TPSA) is 80.4 Å². The van der Waals surface area contributed by atoms with E-state index in [0.29, 0.717) is 11.7 Å². The summed E-state index contributed by atoms with van der Waals surface area (Å²) in [4.78, 5) is 4.42. The van der Waals surface area contributed by atoms with Crippen LogP contribution in [0.1, 0.15) is 12.8 Å². The zero-order valence-corrected chi connectivity index (χ0v) is 13.7. The Balaban J connectivity index is 1.47. The maximum atomic E-state index is 9.35. The summed E-state index contributed by atoms with van der Waals surface area (Å²) in [5.41, 5.74) is 1.63. The highest BCUT2D eigenvalue weighted by molar-refractivity contribution is 5.60.